The third-order valence-electron chi connectivity index (χ3n) is 3.65. The zero-order valence-corrected chi connectivity index (χ0v) is 11.7. The number of hydrogen-bond donors (Lipinski definition) is 1. The van der Waals surface area contributed by atoms with E-state index in [0.717, 1.165) is 18.4 Å². The lowest BCUT2D eigenvalue weighted by Crippen LogP contribution is -2.42. The lowest BCUT2D eigenvalue weighted by atomic mass is 9.97. The highest BCUT2D eigenvalue weighted by Crippen LogP contribution is 2.20. The van der Waals surface area contributed by atoms with Gasteiger partial charge >= 0.3 is 5.97 Å². The summed E-state index contributed by atoms with van der Waals surface area (Å²) in [4.78, 5) is 25.8. The molecule has 1 aliphatic heterocycles. The normalized spacial score (nSPS) is 18.7. The molecule has 5 nitrogen and oxygen atoms in total. The number of piperidine rings is 1. The van der Waals surface area contributed by atoms with Crippen molar-refractivity contribution in [1.29, 1.82) is 0 Å². The van der Waals surface area contributed by atoms with Crippen molar-refractivity contribution >= 4 is 11.9 Å². The van der Waals surface area contributed by atoms with Crippen LogP contribution < -0.4 is 5.73 Å². The minimum Gasteiger partial charge on any atom is -0.469 e. The summed E-state index contributed by atoms with van der Waals surface area (Å²) in [7, 11) is 1.38. The number of rotatable bonds is 3. The molecular formula is C15H20N2O3. The first-order valence-electron chi connectivity index (χ1n) is 6.82. The highest BCUT2D eigenvalue weighted by atomic mass is 16.5. The molecule has 0 radical (unpaired) electrons. The van der Waals surface area contributed by atoms with Gasteiger partial charge in [-0.1, -0.05) is 12.1 Å². The van der Waals surface area contributed by atoms with Crippen molar-refractivity contribution in [2.24, 2.45) is 11.7 Å². The maximum Gasteiger partial charge on any atom is 0.310 e. The Bertz CT molecular complexity index is 502. The maximum atomic E-state index is 12.5. The molecule has 1 unspecified atom stereocenters. The first-order valence-corrected chi connectivity index (χ1v) is 6.82. The molecule has 108 valence electrons. The summed E-state index contributed by atoms with van der Waals surface area (Å²) in [6.45, 7) is 1.52. The van der Waals surface area contributed by atoms with Crippen LogP contribution in [0, 0.1) is 5.92 Å². The first-order chi connectivity index (χ1) is 9.65. The number of ether oxygens (including phenoxy) is 1. The molecule has 5 heteroatoms. The van der Waals surface area contributed by atoms with Crippen LogP contribution >= 0.6 is 0 Å². The van der Waals surface area contributed by atoms with E-state index in [1.807, 2.05) is 18.2 Å². The summed E-state index contributed by atoms with van der Waals surface area (Å²) in [5, 5.41) is 0. The Kier molecular flexibility index (Phi) is 4.74. The number of amides is 1. The van der Waals surface area contributed by atoms with Gasteiger partial charge in [0.1, 0.15) is 0 Å². The molecule has 1 aromatic carbocycles. The number of benzene rings is 1. The van der Waals surface area contributed by atoms with Crippen LogP contribution in [0.1, 0.15) is 28.8 Å². The van der Waals surface area contributed by atoms with Gasteiger partial charge in [-0.05, 0) is 30.5 Å². The van der Waals surface area contributed by atoms with Crippen molar-refractivity contribution in [2.75, 3.05) is 20.2 Å². The second kappa shape index (κ2) is 6.52. The molecule has 0 spiro atoms. The van der Waals surface area contributed by atoms with Gasteiger partial charge in [0.05, 0.1) is 13.0 Å². The summed E-state index contributed by atoms with van der Waals surface area (Å²) in [6, 6.07) is 7.31. The van der Waals surface area contributed by atoms with Crippen molar-refractivity contribution in [2.45, 2.75) is 19.4 Å². The van der Waals surface area contributed by atoms with Crippen LogP contribution in [-0.2, 0) is 16.1 Å². The smallest absolute Gasteiger partial charge is 0.310 e. The van der Waals surface area contributed by atoms with Gasteiger partial charge in [0.2, 0.25) is 0 Å². The van der Waals surface area contributed by atoms with E-state index < -0.39 is 0 Å². The van der Waals surface area contributed by atoms with E-state index in [2.05, 4.69) is 0 Å². The van der Waals surface area contributed by atoms with Crippen LogP contribution in [0.25, 0.3) is 0 Å². The molecular weight excluding hydrogens is 256 g/mol. The molecule has 1 aromatic rings. The third-order valence-corrected chi connectivity index (χ3v) is 3.65. The predicted octanol–water partition coefficient (Wildman–Crippen LogP) is 1.17. The van der Waals surface area contributed by atoms with E-state index in [1.54, 1.807) is 11.0 Å². The molecule has 0 aliphatic carbocycles. The van der Waals surface area contributed by atoms with Gasteiger partial charge in [0.15, 0.2) is 0 Å². The van der Waals surface area contributed by atoms with Crippen LogP contribution in [0.15, 0.2) is 24.3 Å². The van der Waals surface area contributed by atoms with Gasteiger partial charge in [-0.3, -0.25) is 9.59 Å². The van der Waals surface area contributed by atoms with Crippen molar-refractivity contribution in [3.63, 3.8) is 0 Å². The van der Waals surface area contributed by atoms with Gasteiger partial charge in [0.25, 0.3) is 5.91 Å². The van der Waals surface area contributed by atoms with E-state index in [1.165, 1.54) is 7.11 Å². The number of carbonyl (C=O) groups excluding carboxylic acids is 2. The number of methoxy groups -OCH3 is 1. The Morgan fingerprint density at radius 3 is 2.95 bits per heavy atom. The zero-order chi connectivity index (χ0) is 14.5. The maximum absolute atomic E-state index is 12.5. The van der Waals surface area contributed by atoms with Gasteiger partial charge in [-0.15, -0.1) is 0 Å². The number of nitrogens with two attached hydrogens (primary N) is 1. The molecule has 1 amide bonds. The number of esters is 1. The summed E-state index contributed by atoms with van der Waals surface area (Å²) in [5.41, 5.74) is 7.14. The Hall–Kier alpha value is -1.88. The number of hydrogen-bond acceptors (Lipinski definition) is 4. The largest absolute Gasteiger partial charge is 0.469 e. The van der Waals surface area contributed by atoms with Crippen molar-refractivity contribution in [3.05, 3.63) is 35.4 Å². The van der Waals surface area contributed by atoms with Gasteiger partial charge in [0, 0.05) is 25.2 Å². The van der Waals surface area contributed by atoms with Crippen molar-refractivity contribution in [1.82, 2.24) is 4.90 Å². The lowest BCUT2D eigenvalue weighted by molar-refractivity contribution is -0.146. The van der Waals surface area contributed by atoms with E-state index in [4.69, 9.17) is 10.5 Å². The molecule has 0 aromatic heterocycles. The van der Waals surface area contributed by atoms with Gasteiger partial charge in [-0.25, -0.2) is 0 Å². The molecule has 2 N–H and O–H groups in total. The number of likely N-dealkylation sites (tertiary alicyclic amines) is 1. The highest BCUT2D eigenvalue weighted by Gasteiger charge is 2.29. The quantitative estimate of drug-likeness (QED) is 0.841. The second-order valence-electron chi connectivity index (χ2n) is 5.02. The fourth-order valence-corrected chi connectivity index (χ4v) is 2.53. The van der Waals surface area contributed by atoms with Gasteiger partial charge < -0.3 is 15.4 Å². The topological polar surface area (TPSA) is 72.6 Å². The Labute approximate surface area is 118 Å². The highest BCUT2D eigenvalue weighted by molar-refractivity contribution is 5.94. The zero-order valence-electron chi connectivity index (χ0n) is 11.7. The summed E-state index contributed by atoms with van der Waals surface area (Å²) >= 11 is 0. The minimum absolute atomic E-state index is 0.0473. The molecule has 1 atom stereocenters. The SMILES string of the molecule is COC(=O)C1CCCN(C(=O)c2cccc(CN)c2)C1. The van der Waals surface area contributed by atoms with Crippen molar-refractivity contribution in [3.8, 4) is 0 Å². The summed E-state index contributed by atoms with van der Waals surface area (Å²) in [6.07, 6.45) is 1.60. The van der Waals surface area contributed by atoms with Crippen LogP contribution in [0.5, 0.6) is 0 Å². The Morgan fingerprint density at radius 1 is 1.45 bits per heavy atom. The standard InChI is InChI=1S/C15H20N2O3/c1-20-15(19)13-6-3-7-17(10-13)14(18)12-5-2-4-11(8-12)9-16/h2,4-5,8,13H,3,6-7,9-10,16H2,1H3. The molecule has 20 heavy (non-hydrogen) atoms. The molecule has 0 bridgehead atoms. The lowest BCUT2D eigenvalue weighted by Gasteiger charge is -2.31. The van der Waals surface area contributed by atoms with Crippen LogP contribution in [0.3, 0.4) is 0 Å². The average molecular weight is 276 g/mol. The van der Waals surface area contributed by atoms with Crippen LogP contribution in [0.2, 0.25) is 0 Å². The average Bonchev–Trinajstić information content (AvgIpc) is 2.53. The number of carbonyl (C=O) groups is 2. The fraction of sp³-hybridized carbons (Fsp3) is 0.467. The predicted molar refractivity (Wildman–Crippen MR) is 75.0 cm³/mol. The van der Waals surface area contributed by atoms with Crippen molar-refractivity contribution < 1.29 is 14.3 Å². The van der Waals surface area contributed by atoms with Gasteiger partial charge in [-0.2, -0.15) is 0 Å². The fourth-order valence-electron chi connectivity index (χ4n) is 2.53. The molecule has 2 rings (SSSR count). The summed E-state index contributed by atoms with van der Waals surface area (Å²) < 4.78 is 4.77. The molecule has 1 saturated heterocycles. The van der Waals surface area contributed by atoms with E-state index in [0.29, 0.717) is 25.2 Å². The van der Waals surface area contributed by atoms with Crippen LogP contribution in [0.4, 0.5) is 0 Å². The first kappa shape index (κ1) is 14.5. The third kappa shape index (κ3) is 3.17. The Balaban J connectivity index is 2.10. The van der Waals surface area contributed by atoms with Crippen LogP contribution in [-0.4, -0.2) is 37.0 Å². The second-order valence-corrected chi connectivity index (χ2v) is 5.02. The van der Waals surface area contributed by atoms with E-state index >= 15 is 0 Å². The molecule has 0 saturated carbocycles. The van der Waals surface area contributed by atoms with E-state index in [9.17, 15) is 9.59 Å². The number of nitrogens with zero attached hydrogens (tertiary/aromatic N) is 1. The molecule has 1 heterocycles. The summed E-state index contributed by atoms with van der Waals surface area (Å²) in [5.74, 6) is -0.498. The minimum atomic E-state index is -0.238. The Morgan fingerprint density at radius 2 is 2.25 bits per heavy atom. The molecule has 1 aliphatic rings. The monoisotopic (exact) mass is 276 g/mol. The molecule has 1 fully saturated rings. The van der Waals surface area contributed by atoms with E-state index in [-0.39, 0.29) is 17.8 Å².